The maximum atomic E-state index is 12.4. The molecule has 2 aromatic carbocycles. The Morgan fingerprint density at radius 3 is 1.71 bits per heavy atom. The Morgan fingerprint density at radius 1 is 0.765 bits per heavy atom. The normalized spacial score (nSPS) is 13.1. The van der Waals surface area contributed by atoms with Gasteiger partial charge in [-0.3, -0.25) is 31.3 Å². The zero-order valence-electron chi connectivity index (χ0n) is 17.9. The van der Waals surface area contributed by atoms with Gasteiger partial charge in [-0.1, -0.05) is 24.3 Å². The number of ether oxygens (including phenoxy) is 1. The Kier molecular flexibility index (Phi) is 6.84. The van der Waals surface area contributed by atoms with E-state index in [1.165, 1.54) is 24.3 Å². The molecule has 2 heterocycles. The van der Waals surface area contributed by atoms with E-state index < -0.39 is 11.8 Å². The fraction of sp³-hybridized carbons (Fsp3) is 0.190. The summed E-state index contributed by atoms with van der Waals surface area (Å²) in [6.45, 7) is 2.06. The van der Waals surface area contributed by atoms with Crippen LogP contribution in [0.4, 0.5) is 17.8 Å². The molecule has 2 amide bonds. The van der Waals surface area contributed by atoms with Crippen molar-refractivity contribution in [3.8, 4) is 11.5 Å². The predicted octanol–water partition coefficient (Wildman–Crippen LogP) is 0.633. The number of aromatic hydroxyl groups is 2. The van der Waals surface area contributed by atoms with Crippen molar-refractivity contribution in [2.24, 2.45) is 0 Å². The molecule has 1 fully saturated rings. The number of morpholine rings is 1. The van der Waals surface area contributed by atoms with E-state index in [1.807, 2.05) is 4.90 Å². The third-order valence-corrected chi connectivity index (χ3v) is 4.79. The van der Waals surface area contributed by atoms with Crippen LogP contribution in [0, 0.1) is 0 Å². The second kappa shape index (κ2) is 10.3. The van der Waals surface area contributed by atoms with E-state index in [1.54, 1.807) is 24.3 Å². The van der Waals surface area contributed by atoms with Gasteiger partial charge in [0.2, 0.25) is 17.8 Å². The van der Waals surface area contributed by atoms with Gasteiger partial charge in [0.25, 0.3) is 11.8 Å². The predicted molar refractivity (Wildman–Crippen MR) is 121 cm³/mol. The number of phenolic OH excluding ortho intramolecular Hbond substituents is 2. The minimum atomic E-state index is -0.603. The molecule has 0 unspecified atom stereocenters. The number of hydrazine groups is 2. The van der Waals surface area contributed by atoms with E-state index in [2.05, 4.69) is 36.7 Å². The lowest BCUT2D eigenvalue weighted by atomic mass is 10.2. The van der Waals surface area contributed by atoms with Crippen molar-refractivity contribution in [1.29, 1.82) is 0 Å². The molecule has 34 heavy (non-hydrogen) atoms. The quantitative estimate of drug-likeness (QED) is 0.270. The van der Waals surface area contributed by atoms with Gasteiger partial charge in [-0.05, 0) is 24.3 Å². The van der Waals surface area contributed by atoms with Gasteiger partial charge >= 0.3 is 0 Å². The monoisotopic (exact) mass is 466 g/mol. The zero-order valence-corrected chi connectivity index (χ0v) is 17.9. The molecule has 0 aliphatic carbocycles. The Hall–Kier alpha value is -4.65. The molecule has 6 N–H and O–H groups in total. The maximum Gasteiger partial charge on any atom is 0.273 e. The van der Waals surface area contributed by atoms with Gasteiger partial charge in [0, 0.05) is 13.1 Å². The molecule has 1 saturated heterocycles. The number of phenols is 2. The number of rotatable bonds is 7. The second-order valence-electron chi connectivity index (χ2n) is 7.07. The van der Waals surface area contributed by atoms with Crippen LogP contribution >= 0.6 is 0 Å². The third-order valence-electron chi connectivity index (χ3n) is 4.79. The highest BCUT2D eigenvalue weighted by molar-refractivity contribution is 5.97. The van der Waals surface area contributed by atoms with Gasteiger partial charge in [0.1, 0.15) is 11.5 Å². The van der Waals surface area contributed by atoms with E-state index in [0.29, 0.717) is 26.3 Å². The lowest BCUT2D eigenvalue weighted by Gasteiger charge is -2.27. The Bertz CT molecular complexity index is 1110. The SMILES string of the molecule is O=C(NNc1nc(NNC(=O)c2ccccc2O)nc(N2CCOCC2)n1)c1ccccc1O. The van der Waals surface area contributed by atoms with Crippen molar-refractivity contribution >= 4 is 29.7 Å². The van der Waals surface area contributed by atoms with E-state index in [0.717, 1.165) is 0 Å². The smallest absolute Gasteiger partial charge is 0.273 e. The minimum absolute atomic E-state index is 0.0143. The van der Waals surface area contributed by atoms with Gasteiger partial charge in [-0.25, -0.2) is 0 Å². The molecule has 3 aromatic rings. The molecule has 0 atom stereocenters. The Morgan fingerprint density at radius 2 is 1.24 bits per heavy atom. The number of hydrogen-bond donors (Lipinski definition) is 6. The van der Waals surface area contributed by atoms with Crippen molar-refractivity contribution in [1.82, 2.24) is 25.8 Å². The summed E-state index contributed by atoms with van der Waals surface area (Å²) < 4.78 is 5.35. The van der Waals surface area contributed by atoms with Crippen LogP contribution in [0.25, 0.3) is 0 Å². The maximum absolute atomic E-state index is 12.4. The third kappa shape index (κ3) is 5.39. The highest BCUT2D eigenvalue weighted by Crippen LogP contribution is 2.18. The van der Waals surface area contributed by atoms with Crippen molar-refractivity contribution in [3.05, 3.63) is 59.7 Å². The summed E-state index contributed by atoms with van der Waals surface area (Å²) >= 11 is 0. The van der Waals surface area contributed by atoms with Gasteiger partial charge in [-0.15, -0.1) is 0 Å². The number of anilines is 3. The van der Waals surface area contributed by atoms with Crippen molar-refractivity contribution in [2.45, 2.75) is 0 Å². The van der Waals surface area contributed by atoms with Crippen LogP contribution < -0.4 is 26.6 Å². The van der Waals surface area contributed by atoms with E-state index in [4.69, 9.17) is 4.74 Å². The number of para-hydroxylation sites is 2. The van der Waals surface area contributed by atoms with E-state index >= 15 is 0 Å². The molecule has 0 saturated carbocycles. The molecule has 13 heteroatoms. The molecular weight excluding hydrogens is 444 g/mol. The Labute approximate surface area is 193 Å². The van der Waals surface area contributed by atoms with Gasteiger partial charge < -0.3 is 19.8 Å². The number of hydrogen-bond acceptors (Lipinski definition) is 11. The number of nitrogens with one attached hydrogen (secondary N) is 4. The lowest BCUT2D eigenvalue weighted by molar-refractivity contribution is 0.0951. The minimum Gasteiger partial charge on any atom is -0.507 e. The molecule has 176 valence electrons. The fourth-order valence-corrected chi connectivity index (χ4v) is 3.07. The van der Waals surface area contributed by atoms with Crippen molar-refractivity contribution in [3.63, 3.8) is 0 Å². The summed E-state index contributed by atoms with van der Waals surface area (Å²) in [5.41, 5.74) is 10.1. The molecule has 4 rings (SSSR count). The molecular formula is C21H22N8O5. The van der Waals surface area contributed by atoms with E-state index in [9.17, 15) is 19.8 Å². The molecule has 0 radical (unpaired) electrons. The van der Waals surface area contributed by atoms with Gasteiger partial charge in [0.15, 0.2) is 0 Å². The number of amides is 2. The van der Waals surface area contributed by atoms with Crippen LogP contribution in [0.3, 0.4) is 0 Å². The van der Waals surface area contributed by atoms with Crippen LogP contribution in [0.2, 0.25) is 0 Å². The number of aromatic nitrogens is 3. The standard InChI is InChI=1S/C21H22N8O5/c30-15-7-3-1-5-13(15)17(32)25-27-19-22-20(24-21(23-19)29-9-11-34-12-10-29)28-26-18(33)14-6-2-4-8-16(14)31/h1-8,30-31H,9-12H2,(H,25,32)(H,26,33)(H2,22,23,24,27,28). The van der Waals surface area contributed by atoms with Crippen molar-refractivity contribution < 1.29 is 24.5 Å². The number of nitrogens with zero attached hydrogens (tertiary/aromatic N) is 4. The van der Waals surface area contributed by atoms with Crippen LogP contribution in [0.5, 0.6) is 11.5 Å². The van der Waals surface area contributed by atoms with Gasteiger partial charge in [0.05, 0.1) is 24.3 Å². The number of carbonyl (C=O) groups excluding carboxylic acids is 2. The summed E-state index contributed by atoms with van der Waals surface area (Å²) in [4.78, 5) is 39.4. The van der Waals surface area contributed by atoms with Gasteiger partial charge in [-0.2, -0.15) is 15.0 Å². The summed E-state index contributed by atoms with van der Waals surface area (Å²) in [6.07, 6.45) is 0. The summed E-state index contributed by atoms with van der Waals surface area (Å²) in [7, 11) is 0. The van der Waals surface area contributed by atoms with Crippen molar-refractivity contribution in [2.75, 3.05) is 42.1 Å². The largest absolute Gasteiger partial charge is 0.507 e. The number of carbonyl (C=O) groups is 2. The fourth-order valence-electron chi connectivity index (χ4n) is 3.07. The second-order valence-corrected chi connectivity index (χ2v) is 7.07. The van der Waals surface area contributed by atoms with Crippen LogP contribution in [0.15, 0.2) is 48.5 Å². The Balaban J connectivity index is 1.50. The van der Waals surface area contributed by atoms with Crippen LogP contribution in [0.1, 0.15) is 20.7 Å². The molecule has 1 aliphatic rings. The average molecular weight is 466 g/mol. The highest BCUT2D eigenvalue weighted by atomic mass is 16.5. The molecule has 1 aliphatic heterocycles. The average Bonchev–Trinajstić information content (AvgIpc) is 2.87. The lowest BCUT2D eigenvalue weighted by Crippen LogP contribution is -2.38. The summed E-state index contributed by atoms with van der Waals surface area (Å²) in [6, 6.07) is 12.1. The highest BCUT2D eigenvalue weighted by Gasteiger charge is 2.18. The topological polar surface area (TPSA) is 174 Å². The first kappa shape index (κ1) is 22.5. The van der Waals surface area contributed by atoms with Crippen LogP contribution in [-0.4, -0.2) is 63.3 Å². The summed E-state index contributed by atoms with van der Waals surface area (Å²) in [5.74, 6) is -1.31. The van der Waals surface area contributed by atoms with E-state index in [-0.39, 0.29) is 40.5 Å². The first-order chi connectivity index (χ1) is 16.5. The zero-order chi connectivity index (χ0) is 23.9. The molecule has 13 nitrogen and oxygen atoms in total. The number of benzene rings is 2. The summed E-state index contributed by atoms with van der Waals surface area (Å²) in [5, 5.41) is 19.7. The first-order valence-electron chi connectivity index (χ1n) is 10.3. The van der Waals surface area contributed by atoms with Crippen LogP contribution in [-0.2, 0) is 4.74 Å². The molecule has 0 spiro atoms. The first-order valence-corrected chi connectivity index (χ1v) is 10.3. The molecule has 1 aromatic heterocycles. The molecule has 0 bridgehead atoms.